The van der Waals surface area contributed by atoms with Crippen LogP contribution in [0.1, 0.15) is 34.6 Å². The Bertz CT molecular complexity index is 218. The molecule has 0 aromatic rings. The maximum atomic E-state index is 11.9. The molecule has 0 saturated carbocycles. The van der Waals surface area contributed by atoms with E-state index in [0.29, 0.717) is 13.2 Å². The van der Waals surface area contributed by atoms with Gasteiger partial charge >= 0.3 is 7.60 Å². The first-order valence-electron chi connectivity index (χ1n) is 4.92. The van der Waals surface area contributed by atoms with Gasteiger partial charge in [-0.3, -0.25) is 4.57 Å². The quantitative estimate of drug-likeness (QED) is 0.661. The topological polar surface area (TPSA) is 35.5 Å². The van der Waals surface area contributed by atoms with Crippen molar-refractivity contribution in [1.29, 1.82) is 0 Å². The molecule has 0 aromatic carbocycles. The fraction of sp³-hybridized carbons (Fsp3) is 0.800. The molecule has 3 nitrogen and oxygen atoms in total. The summed E-state index contributed by atoms with van der Waals surface area (Å²) in [6.07, 6.45) is 1.86. The van der Waals surface area contributed by atoms with E-state index in [9.17, 15) is 4.57 Å². The van der Waals surface area contributed by atoms with Crippen molar-refractivity contribution in [3.05, 3.63) is 11.9 Å². The predicted molar refractivity (Wildman–Crippen MR) is 59.5 cm³/mol. The second-order valence-electron chi connectivity index (χ2n) is 4.06. The average molecular weight is 220 g/mol. The standard InChI is InChI=1S/C10H21O3P/c1-6-12-14(11,13-7-2)9-8-10(3,4)5/h8-9H,6-7H2,1-5H3/b9-8+. The largest absolute Gasteiger partial charge is 0.353 e. The van der Waals surface area contributed by atoms with Crippen LogP contribution < -0.4 is 0 Å². The third-order valence-electron chi connectivity index (χ3n) is 1.38. The molecule has 0 aliphatic heterocycles. The zero-order valence-corrected chi connectivity index (χ0v) is 10.6. The van der Waals surface area contributed by atoms with Crippen LogP contribution in [0.2, 0.25) is 0 Å². The molecule has 0 N–H and O–H groups in total. The van der Waals surface area contributed by atoms with Crippen molar-refractivity contribution in [2.45, 2.75) is 34.6 Å². The van der Waals surface area contributed by atoms with E-state index in [1.807, 2.05) is 26.8 Å². The summed E-state index contributed by atoms with van der Waals surface area (Å²) in [5.74, 6) is 1.56. The first-order valence-corrected chi connectivity index (χ1v) is 6.53. The first kappa shape index (κ1) is 13.9. The van der Waals surface area contributed by atoms with E-state index in [1.54, 1.807) is 19.7 Å². The summed E-state index contributed by atoms with van der Waals surface area (Å²) < 4.78 is 22.2. The minimum absolute atomic E-state index is 0.0101. The van der Waals surface area contributed by atoms with Crippen LogP contribution in [0.4, 0.5) is 0 Å². The van der Waals surface area contributed by atoms with Crippen LogP contribution in [0.5, 0.6) is 0 Å². The SMILES string of the molecule is CCOP(=O)(/C=C/C(C)(C)C)OCC. The molecule has 0 amide bonds. The fourth-order valence-electron chi connectivity index (χ4n) is 0.798. The Morgan fingerprint density at radius 2 is 1.57 bits per heavy atom. The number of hydrogen-bond acceptors (Lipinski definition) is 3. The van der Waals surface area contributed by atoms with Gasteiger partial charge in [0.15, 0.2) is 0 Å². The second kappa shape index (κ2) is 5.69. The molecule has 0 unspecified atom stereocenters. The number of hydrogen-bond donors (Lipinski definition) is 0. The molecule has 4 heteroatoms. The van der Waals surface area contributed by atoms with Gasteiger partial charge in [-0.2, -0.15) is 0 Å². The summed E-state index contributed by atoms with van der Waals surface area (Å²) >= 11 is 0. The lowest BCUT2D eigenvalue weighted by Crippen LogP contribution is -2.00. The maximum absolute atomic E-state index is 11.9. The van der Waals surface area contributed by atoms with Crippen LogP contribution in [0, 0.1) is 5.41 Å². The summed E-state index contributed by atoms with van der Waals surface area (Å²) in [7, 11) is -3.00. The lowest BCUT2D eigenvalue weighted by atomic mass is 9.98. The van der Waals surface area contributed by atoms with Gasteiger partial charge in [-0.05, 0) is 19.3 Å². The average Bonchev–Trinajstić information content (AvgIpc) is 2.01. The van der Waals surface area contributed by atoms with E-state index in [1.165, 1.54) is 0 Å². The molecule has 0 atom stereocenters. The molecule has 84 valence electrons. The molecule has 0 rings (SSSR count). The van der Waals surface area contributed by atoms with Gasteiger partial charge in [-0.1, -0.05) is 26.8 Å². The van der Waals surface area contributed by atoms with Crippen molar-refractivity contribution >= 4 is 7.60 Å². The zero-order valence-electron chi connectivity index (χ0n) is 9.74. The van der Waals surface area contributed by atoms with E-state index in [-0.39, 0.29) is 5.41 Å². The Kier molecular flexibility index (Phi) is 5.65. The Labute approximate surface area is 87.0 Å². The van der Waals surface area contributed by atoms with E-state index >= 15 is 0 Å². The first-order chi connectivity index (χ1) is 6.33. The van der Waals surface area contributed by atoms with Crippen molar-refractivity contribution in [3.8, 4) is 0 Å². The van der Waals surface area contributed by atoms with E-state index in [2.05, 4.69) is 0 Å². The molecular weight excluding hydrogens is 199 g/mol. The Morgan fingerprint density at radius 3 is 1.86 bits per heavy atom. The van der Waals surface area contributed by atoms with Crippen molar-refractivity contribution in [2.75, 3.05) is 13.2 Å². The van der Waals surface area contributed by atoms with Crippen molar-refractivity contribution in [1.82, 2.24) is 0 Å². The molecule has 0 aliphatic carbocycles. The highest BCUT2D eigenvalue weighted by atomic mass is 31.2. The number of rotatable bonds is 5. The molecule has 0 aromatic heterocycles. The minimum atomic E-state index is -3.00. The minimum Gasteiger partial charge on any atom is -0.306 e. The van der Waals surface area contributed by atoms with Gasteiger partial charge in [0.2, 0.25) is 0 Å². The van der Waals surface area contributed by atoms with Gasteiger partial charge in [0.25, 0.3) is 0 Å². The molecule has 0 aliphatic rings. The Hall–Kier alpha value is -0.110. The lowest BCUT2D eigenvalue weighted by Gasteiger charge is -2.16. The third-order valence-corrected chi connectivity index (χ3v) is 3.13. The van der Waals surface area contributed by atoms with Crippen LogP contribution in [-0.2, 0) is 13.6 Å². The van der Waals surface area contributed by atoms with Crippen molar-refractivity contribution < 1.29 is 13.6 Å². The molecule has 0 spiro atoms. The summed E-state index contributed by atoms with van der Waals surface area (Å²) in [5, 5.41) is 0. The highest BCUT2D eigenvalue weighted by Gasteiger charge is 2.20. The van der Waals surface area contributed by atoms with E-state index < -0.39 is 7.60 Å². The van der Waals surface area contributed by atoms with Crippen molar-refractivity contribution in [2.24, 2.45) is 5.41 Å². The van der Waals surface area contributed by atoms with Gasteiger partial charge < -0.3 is 9.05 Å². The monoisotopic (exact) mass is 220 g/mol. The molecule has 0 saturated heterocycles. The van der Waals surface area contributed by atoms with Crippen LogP contribution >= 0.6 is 7.60 Å². The fourth-order valence-corrected chi connectivity index (χ4v) is 2.39. The maximum Gasteiger partial charge on any atom is 0.353 e. The smallest absolute Gasteiger partial charge is 0.306 e. The molecule has 0 bridgehead atoms. The van der Waals surface area contributed by atoms with Gasteiger partial charge in [0.1, 0.15) is 0 Å². The lowest BCUT2D eigenvalue weighted by molar-refractivity contribution is 0.228. The van der Waals surface area contributed by atoms with Gasteiger partial charge in [-0.15, -0.1) is 0 Å². The Balaban J connectivity index is 4.52. The molecule has 0 fully saturated rings. The van der Waals surface area contributed by atoms with Crippen molar-refractivity contribution in [3.63, 3.8) is 0 Å². The summed E-state index contributed by atoms with van der Waals surface area (Å²) in [4.78, 5) is 0. The molecule has 0 heterocycles. The summed E-state index contributed by atoms with van der Waals surface area (Å²) in [6, 6.07) is 0. The molecule has 14 heavy (non-hydrogen) atoms. The predicted octanol–water partition coefficient (Wildman–Crippen LogP) is 3.81. The van der Waals surface area contributed by atoms with E-state index in [0.717, 1.165) is 0 Å². The van der Waals surface area contributed by atoms with Crippen LogP contribution in [-0.4, -0.2) is 13.2 Å². The number of allylic oxidation sites excluding steroid dienone is 1. The van der Waals surface area contributed by atoms with Crippen LogP contribution in [0.25, 0.3) is 0 Å². The van der Waals surface area contributed by atoms with E-state index in [4.69, 9.17) is 9.05 Å². The normalized spacial score (nSPS) is 13.8. The third kappa shape index (κ3) is 6.36. The van der Waals surface area contributed by atoms with Gasteiger partial charge in [0, 0.05) is 5.82 Å². The zero-order chi connectivity index (χ0) is 11.2. The summed E-state index contributed by atoms with van der Waals surface area (Å²) in [6.45, 7) is 10.5. The van der Waals surface area contributed by atoms with Crippen LogP contribution in [0.15, 0.2) is 11.9 Å². The molecular formula is C10H21O3P. The summed E-state index contributed by atoms with van der Waals surface area (Å²) in [5.41, 5.74) is -0.0101. The Morgan fingerprint density at radius 1 is 1.14 bits per heavy atom. The highest BCUT2D eigenvalue weighted by molar-refractivity contribution is 7.57. The highest BCUT2D eigenvalue weighted by Crippen LogP contribution is 2.50. The molecule has 0 radical (unpaired) electrons. The second-order valence-corrected chi connectivity index (χ2v) is 5.95. The van der Waals surface area contributed by atoms with Gasteiger partial charge in [-0.25, -0.2) is 0 Å². The van der Waals surface area contributed by atoms with Gasteiger partial charge in [0.05, 0.1) is 13.2 Å². The van der Waals surface area contributed by atoms with Crippen LogP contribution in [0.3, 0.4) is 0 Å².